The number of benzene rings is 2. The van der Waals surface area contributed by atoms with Crippen LogP contribution < -0.4 is 9.64 Å². The number of pyridine rings is 1. The molecule has 1 aromatic heterocycles. The number of anilines is 1. The van der Waals surface area contributed by atoms with Gasteiger partial charge in [-0.3, -0.25) is 19.5 Å². The third-order valence-corrected chi connectivity index (χ3v) is 5.42. The normalized spacial score (nSPS) is 15.8. The maximum Gasteiger partial charge on any atom is 0.294 e. The van der Waals surface area contributed by atoms with E-state index in [4.69, 9.17) is 4.74 Å². The molecule has 0 saturated heterocycles. The molecule has 0 radical (unpaired) electrons. The number of amides is 1. The fourth-order valence-corrected chi connectivity index (χ4v) is 3.94. The van der Waals surface area contributed by atoms with E-state index in [0.29, 0.717) is 30.0 Å². The first-order valence-electron chi connectivity index (χ1n) is 10.6. The van der Waals surface area contributed by atoms with Crippen LogP contribution in [-0.4, -0.2) is 28.4 Å². The molecule has 1 N–H and O–H groups in total. The second-order valence-electron chi connectivity index (χ2n) is 7.46. The lowest BCUT2D eigenvalue weighted by Gasteiger charge is -2.27. The second-order valence-corrected chi connectivity index (χ2v) is 7.46. The van der Waals surface area contributed by atoms with Crippen molar-refractivity contribution in [1.82, 2.24) is 4.98 Å². The van der Waals surface area contributed by atoms with Gasteiger partial charge in [-0.15, -0.1) is 0 Å². The lowest BCUT2D eigenvalue weighted by Crippen LogP contribution is -2.31. The average molecular weight is 428 g/mol. The van der Waals surface area contributed by atoms with Crippen molar-refractivity contribution in [1.29, 1.82) is 0 Å². The van der Waals surface area contributed by atoms with Crippen molar-refractivity contribution in [2.24, 2.45) is 0 Å². The highest BCUT2D eigenvalue weighted by molar-refractivity contribution is 6.16. The molecule has 0 aliphatic carbocycles. The minimum Gasteiger partial charge on any atom is -0.503 e. The number of carbonyl (C=O) groups excluding carboxylic acids is 2. The number of Topliss-reactive ketones (excluding diaryl/α,β-unsaturated/α-hetero) is 1. The maximum absolute atomic E-state index is 13.3. The number of aryl methyl sites for hydroxylation is 1. The molecule has 0 spiro atoms. The Morgan fingerprint density at radius 3 is 2.53 bits per heavy atom. The van der Waals surface area contributed by atoms with Crippen molar-refractivity contribution in [2.45, 2.75) is 25.8 Å². The zero-order chi connectivity index (χ0) is 22.5. The van der Waals surface area contributed by atoms with E-state index >= 15 is 0 Å². The summed E-state index contributed by atoms with van der Waals surface area (Å²) in [4.78, 5) is 31.9. The van der Waals surface area contributed by atoms with Crippen molar-refractivity contribution in [2.75, 3.05) is 11.5 Å². The molecule has 1 unspecified atom stereocenters. The Labute approximate surface area is 186 Å². The van der Waals surface area contributed by atoms with Crippen LogP contribution in [0.25, 0.3) is 0 Å². The van der Waals surface area contributed by atoms with Gasteiger partial charge in [0.15, 0.2) is 11.5 Å². The van der Waals surface area contributed by atoms with Crippen molar-refractivity contribution >= 4 is 17.4 Å². The molecule has 32 heavy (non-hydrogen) atoms. The number of hydrogen-bond donors (Lipinski definition) is 1. The Bertz CT molecular complexity index is 1140. The Morgan fingerprint density at radius 2 is 1.81 bits per heavy atom. The second kappa shape index (κ2) is 9.47. The fraction of sp³-hybridized carbons (Fsp3) is 0.192. The van der Waals surface area contributed by atoms with Crippen LogP contribution in [0.5, 0.6) is 5.75 Å². The predicted molar refractivity (Wildman–Crippen MR) is 121 cm³/mol. The predicted octanol–water partition coefficient (Wildman–Crippen LogP) is 4.58. The van der Waals surface area contributed by atoms with Crippen molar-refractivity contribution in [3.05, 3.63) is 102 Å². The van der Waals surface area contributed by atoms with Crippen molar-refractivity contribution in [3.63, 3.8) is 0 Å². The van der Waals surface area contributed by atoms with E-state index in [1.54, 1.807) is 48.8 Å². The summed E-state index contributed by atoms with van der Waals surface area (Å²) in [5.41, 5.74) is 2.37. The van der Waals surface area contributed by atoms with Crippen LogP contribution in [0.3, 0.4) is 0 Å². The highest BCUT2D eigenvalue weighted by Gasteiger charge is 2.44. The molecule has 1 aliphatic rings. The standard InChI is InChI=1S/C26H24N2O4/c1-2-32-21-10-6-9-20(17-21)28-24(19-13-15-27-16-14-19)23(25(30)26(28)31)22(29)12-11-18-7-4-3-5-8-18/h3-10,13-17,24,30H,2,11-12H2,1H3. The van der Waals surface area contributed by atoms with Gasteiger partial charge in [0.1, 0.15) is 5.75 Å². The van der Waals surface area contributed by atoms with E-state index in [2.05, 4.69) is 4.98 Å². The van der Waals surface area contributed by atoms with Gasteiger partial charge in [-0.05, 0) is 48.7 Å². The summed E-state index contributed by atoms with van der Waals surface area (Å²) in [7, 11) is 0. The van der Waals surface area contributed by atoms with Gasteiger partial charge in [0, 0.05) is 30.6 Å². The van der Waals surface area contributed by atoms with Gasteiger partial charge in [0.05, 0.1) is 18.2 Å². The molecule has 0 bridgehead atoms. The SMILES string of the molecule is CCOc1cccc(N2C(=O)C(O)=C(C(=O)CCc3ccccc3)C2c2ccncc2)c1. The van der Waals surface area contributed by atoms with Gasteiger partial charge in [-0.25, -0.2) is 0 Å². The smallest absolute Gasteiger partial charge is 0.294 e. The number of ether oxygens (including phenoxy) is 1. The van der Waals surface area contributed by atoms with Gasteiger partial charge < -0.3 is 9.84 Å². The molecular formula is C26H24N2O4. The van der Waals surface area contributed by atoms with Crippen LogP contribution in [0.1, 0.15) is 30.5 Å². The van der Waals surface area contributed by atoms with Gasteiger partial charge in [0.2, 0.25) is 0 Å². The first-order valence-corrected chi connectivity index (χ1v) is 10.6. The van der Waals surface area contributed by atoms with Crippen LogP contribution >= 0.6 is 0 Å². The van der Waals surface area contributed by atoms with Crippen LogP contribution in [0, 0.1) is 0 Å². The number of aliphatic hydroxyl groups excluding tert-OH is 1. The first kappa shape index (κ1) is 21.3. The molecule has 1 atom stereocenters. The highest BCUT2D eigenvalue weighted by Crippen LogP contribution is 2.42. The van der Waals surface area contributed by atoms with E-state index in [0.717, 1.165) is 5.56 Å². The minimum absolute atomic E-state index is 0.110. The van der Waals surface area contributed by atoms with Crippen LogP contribution in [0.4, 0.5) is 5.69 Å². The molecule has 1 amide bonds. The summed E-state index contributed by atoms with van der Waals surface area (Å²) >= 11 is 0. The quantitative estimate of drug-likeness (QED) is 0.568. The van der Waals surface area contributed by atoms with Crippen molar-refractivity contribution < 1.29 is 19.4 Å². The first-order chi connectivity index (χ1) is 15.6. The number of ketones is 1. The van der Waals surface area contributed by atoms with Gasteiger partial charge in [-0.2, -0.15) is 0 Å². The Kier molecular flexibility index (Phi) is 6.31. The summed E-state index contributed by atoms with van der Waals surface area (Å²) in [6.07, 6.45) is 3.92. The number of carbonyl (C=O) groups is 2. The number of aliphatic hydroxyl groups is 1. The minimum atomic E-state index is -0.745. The van der Waals surface area contributed by atoms with E-state index in [1.165, 1.54) is 4.90 Å². The molecule has 0 fully saturated rings. The van der Waals surface area contributed by atoms with Crippen molar-refractivity contribution in [3.8, 4) is 5.75 Å². The largest absolute Gasteiger partial charge is 0.503 e. The number of hydrogen-bond acceptors (Lipinski definition) is 5. The molecule has 3 aromatic rings. The Morgan fingerprint density at radius 1 is 1.06 bits per heavy atom. The lowest BCUT2D eigenvalue weighted by atomic mass is 9.93. The Hall–Kier alpha value is -3.93. The monoisotopic (exact) mass is 428 g/mol. The van der Waals surface area contributed by atoms with Gasteiger partial charge in [0.25, 0.3) is 5.91 Å². The number of rotatable bonds is 8. The third-order valence-electron chi connectivity index (χ3n) is 5.42. The van der Waals surface area contributed by atoms with Crippen LogP contribution in [0.15, 0.2) is 90.5 Å². The van der Waals surface area contributed by atoms with E-state index in [-0.39, 0.29) is 17.8 Å². The highest BCUT2D eigenvalue weighted by atomic mass is 16.5. The summed E-state index contributed by atoms with van der Waals surface area (Å²) in [5.74, 6) is -0.769. The summed E-state index contributed by atoms with van der Waals surface area (Å²) in [6, 6.07) is 19.5. The maximum atomic E-state index is 13.3. The van der Waals surface area contributed by atoms with E-state index in [1.807, 2.05) is 37.3 Å². The molecule has 6 nitrogen and oxygen atoms in total. The topological polar surface area (TPSA) is 79.7 Å². The summed E-state index contributed by atoms with van der Waals surface area (Å²) in [6.45, 7) is 2.36. The lowest BCUT2D eigenvalue weighted by molar-refractivity contribution is -0.118. The molecule has 2 aromatic carbocycles. The van der Waals surface area contributed by atoms with Gasteiger partial charge in [-0.1, -0.05) is 36.4 Å². The van der Waals surface area contributed by atoms with Gasteiger partial charge >= 0.3 is 0 Å². The molecular weight excluding hydrogens is 404 g/mol. The van der Waals surface area contributed by atoms with E-state index in [9.17, 15) is 14.7 Å². The number of aromatic nitrogens is 1. The molecule has 0 saturated carbocycles. The number of nitrogens with zero attached hydrogens (tertiary/aromatic N) is 2. The summed E-state index contributed by atoms with van der Waals surface area (Å²) < 4.78 is 5.58. The Balaban J connectivity index is 1.71. The van der Waals surface area contributed by atoms with E-state index < -0.39 is 17.7 Å². The molecule has 1 aliphatic heterocycles. The van der Waals surface area contributed by atoms with Crippen LogP contribution in [-0.2, 0) is 16.0 Å². The molecule has 162 valence electrons. The average Bonchev–Trinajstić information content (AvgIpc) is 3.10. The summed E-state index contributed by atoms with van der Waals surface area (Å²) in [5, 5.41) is 10.8. The third kappa shape index (κ3) is 4.25. The zero-order valence-electron chi connectivity index (χ0n) is 17.8. The fourth-order valence-electron chi connectivity index (χ4n) is 3.94. The molecule has 6 heteroatoms. The molecule has 4 rings (SSSR count). The van der Waals surface area contributed by atoms with Crippen LogP contribution in [0.2, 0.25) is 0 Å². The zero-order valence-corrected chi connectivity index (χ0v) is 17.8. The molecule has 2 heterocycles.